The largest absolute Gasteiger partial charge is 0.469 e. The van der Waals surface area contributed by atoms with Gasteiger partial charge in [0.2, 0.25) is 0 Å². The van der Waals surface area contributed by atoms with Gasteiger partial charge < -0.3 is 15.4 Å². The number of ether oxygens (including phenoxy) is 1. The van der Waals surface area contributed by atoms with Crippen molar-refractivity contribution in [1.82, 2.24) is 15.5 Å². The van der Waals surface area contributed by atoms with Gasteiger partial charge in [0.1, 0.15) is 0 Å². The lowest BCUT2D eigenvalue weighted by Gasteiger charge is -2.10. The van der Waals surface area contributed by atoms with Crippen LogP contribution in [-0.4, -0.2) is 41.6 Å². The molecule has 8 nitrogen and oxygen atoms in total. The summed E-state index contributed by atoms with van der Waals surface area (Å²) < 4.78 is 4.71. The van der Waals surface area contributed by atoms with E-state index in [0.717, 1.165) is 23.2 Å². The van der Waals surface area contributed by atoms with Gasteiger partial charge in [0.05, 0.1) is 19.2 Å². The lowest BCUT2D eigenvalue weighted by atomic mass is 10.0. The van der Waals surface area contributed by atoms with Crippen LogP contribution in [0.25, 0.3) is 0 Å². The van der Waals surface area contributed by atoms with Gasteiger partial charge in [0.25, 0.3) is 0 Å². The minimum atomic E-state index is -0.713. The van der Waals surface area contributed by atoms with Crippen LogP contribution in [0.4, 0.5) is 5.69 Å². The molecule has 1 atom stereocenters. The van der Waals surface area contributed by atoms with E-state index in [1.165, 1.54) is 7.11 Å². The first-order chi connectivity index (χ1) is 13.4. The molecule has 0 bridgehead atoms. The maximum absolute atomic E-state index is 12.0. The second-order valence-electron chi connectivity index (χ2n) is 6.66. The Labute approximate surface area is 164 Å². The first kappa shape index (κ1) is 21.1. The van der Waals surface area contributed by atoms with Gasteiger partial charge >= 0.3 is 17.8 Å². The molecule has 1 aromatic heterocycles. The number of aromatic nitrogens is 2. The number of amides is 2. The molecule has 0 spiro atoms. The Hall–Kier alpha value is -3.16. The third-order valence-electron chi connectivity index (χ3n) is 4.41. The van der Waals surface area contributed by atoms with Crippen LogP contribution in [0.3, 0.4) is 0 Å². The number of hydrogen-bond donors (Lipinski definition) is 3. The van der Waals surface area contributed by atoms with Crippen LogP contribution >= 0.6 is 0 Å². The van der Waals surface area contributed by atoms with Crippen molar-refractivity contribution >= 4 is 23.5 Å². The Balaban J connectivity index is 1.74. The van der Waals surface area contributed by atoms with Gasteiger partial charge in [-0.25, -0.2) is 0 Å². The predicted octanol–water partition coefficient (Wildman–Crippen LogP) is 1.76. The number of benzene rings is 1. The van der Waals surface area contributed by atoms with Crippen molar-refractivity contribution in [3.63, 3.8) is 0 Å². The smallest absolute Gasteiger partial charge is 0.313 e. The summed E-state index contributed by atoms with van der Waals surface area (Å²) in [7, 11) is 1.36. The summed E-state index contributed by atoms with van der Waals surface area (Å²) in [4.78, 5) is 35.4. The lowest BCUT2D eigenvalue weighted by molar-refractivity contribution is -0.144. The second-order valence-corrected chi connectivity index (χ2v) is 6.66. The predicted molar refractivity (Wildman–Crippen MR) is 105 cm³/mol. The molecule has 2 aromatic rings. The number of H-pyrrole nitrogens is 1. The first-order valence-corrected chi connectivity index (χ1v) is 9.15. The van der Waals surface area contributed by atoms with E-state index in [9.17, 15) is 14.4 Å². The van der Waals surface area contributed by atoms with Crippen LogP contribution in [0.5, 0.6) is 0 Å². The summed E-state index contributed by atoms with van der Waals surface area (Å²) in [6, 6.07) is 7.01. The van der Waals surface area contributed by atoms with Crippen molar-refractivity contribution in [3.05, 3.63) is 47.3 Å². The maximum Gasteiger partial charge on any atom is 0.313 e. The normalized spacial score (nSPS) is 11.5. The molecule has 0 saturated carbocycles. The number of nitrogens with zero attached hydrogens (tertiary/aromatic N) is 1. The quantitative estimate of drug-likeness (QED) is 0.363. The summed E-state index contributed by atoms with van der Waals surface area (Å²) in [5, 5.41) is 12.0. The fraction of sp³-hybridized carbons (Fsp3) is 0.400. The zero-order valence-corrected chi connectivity index (χ0v) is 16.4. The zero-order valence-electron chi connectivity index (χ0n) is 16.4. The monoisotopic (exact) mass is 386 g/mol. The fourth-order valence-corrected chi connectivity index (χ4v) is 2.74. The maximum atomic E-state index is 12.0. The van der Waals surface area contributed by atoms with E-state index in [2.05, 4.69) is 20.8 Å². The number of carbonyl (C=O) groups excluding carboxylic acids is 3. The average molecular weight is 386 g/mol. The number of aromatic amines is 1. The molecular weight excluding hydrogens is 360 g/mol. The molecular formula is C20H26N4O4. The van der Waals surface area contributed by atoms with Crippen LogP contribution in [0, 0.1) is 12.8 Å². The first-order valence-electron chi connectivity index (χ1n) is 9.15. The van der Waals surface area contributed by atoms with E-state index in [1.807, 2.05) is 6.92 Å². The van der Waals surface area contributed by atoms with E-state index >= 15 is 0 Å². The van der Waals surface area contributed by atoms with Crippen LogP contribution < -0.4 is 10.6 Å². The van der Waals surface area contributed by atoms with Crippen molar-refractivity contribution in [2.75, 3.05) is 19.0 Å². The molecule has 0 aliphatic heterocycles. The third kappa shape index (κ3) is 6.22. The summed E-state index contributed by atoms with van der Waals surface area (Å²) in [6.45, 7) is 4.14. The van der Waals surface area contributed by atoms with E-state index in [0.29, 0.717) is 25.1 Å². The average Bonchev–Trinajstić information content (AvgIpc) is 3.10. The van der Waals surface area contributed by atoms with E-state index in [-0.39, 0.29) is 11.9 Å². The number of methoxy groups -OCH3 is 1. The molecule has 28 heavy (non-hydrogen) atoms. The van der Waals surface area contributed by atoms with Gasteiger partial charge in [0, 0.05) is 17.9 Å². The Morgan fingerprint density at radius 3 is 2.50 bits per heavy atom. The Kier molecular flexibility index (Phi) is 7.74. The van der Waals surface area contributed by atoms with Gasteiger partial charge in [-0.2, -0.15) is 5.10 Å². The number of aryl methyl sites for hydroxylation is 2. The van der Waals surface area contributed by atoms with Crippen LogP contribution in [-0.2, 0) is 32.0 Å². The molecule has 2 rings (SSSR count). The van der Waals surface area contributed by atoms with Gasteiger partial charge in [-0.05, 0) is 49.4 Å². The molecule has 0 saturated heterocycles. The van der Waals surface area contributed by atoms with Crippen molar-refractivity contribution < 1.29 is 19.1 Å². The summed E-state index contributed by atoms with van der Waals surface area (Å²) in [6.07, 6.45) is 3.79. The summed E-state index contributed by atoms with van der Waals surface area (Å²) >= 11 is 0. The van der Waals surface area contributed by atoms with Crippen molar-refractivity contribution in [1.29, 1.82) is 0 Å². The highest BCUT2D eigenvalue weighted by Gasteiger charge is 2.15. The van der Waals surface area contributed by atoms with Crippen molar-refractivity contribution in [3.8, 4) is 0 Å². The number of esters is 1. The molecule has 8 heteroatoms. The fourth-order valence-electron chi connectivity index (χ4n) is 2.74. The summed E-state index contributed by atoms with van der Waals surface area (Å²) in [5.41, 5.74) is 3.56. The third-order valence-corrected chi connectivity index (χ3v) is 4.41. The van der Waals surface area contributed by atoms with E-state index in [1.54, 1.807) is 37.4 Å². The number of rotatable bonds is 8. The molecule has 2 amide bonds. The van der Waals surface area contributed by atoms with Crippen LogP contribution in [0.1, 0.15) is 30.2 Å². The minimum Gasteiger partial charge on any atom is -0.469 e. The van der Waals surface area contributed by atoms with Gasteiger partial charge in [0.15, 0.2) is 0 Å². The number of anilines is 1. The SMILES string of the molecule is COC(=O)C(C)Cc1ccc(NC(=O)C(=O)NCCCc2cn[nH]c2C)cc1. The highest BCUT2D eigenvalue weighted by atomic mass is 16.5. The van der Waals surface area contributed by atoms with Crippen LogP contribution in [0.15, 0.2) is 30.5 Å². The van der Waals surface area contributed by atoms with Gasteiger partial charge in [-0.15, -0.1) is 0 Å². The Morgan fingerprint density at radius 2 is 1.89 bits per heavy atom. The molecule has 1 heterocycles. The standard InChI is InChI=1S/C20H26N4O4/c1-13(20(27)28-3)11-15-6-8-17(9-7-15)23-19(26)18(25)21-10-4-5-16-12-22-24-14(16)2/h6-9,12-13H,4-5,10-11H2,1-3H3,(H,21,25)(H,22,24)(H,23,26). The molecule has 0 aliphatic carbocycles. The topological polar surface area (TPSA) is 113 Å². The molecule has 1 aromatic carbocycles. The molecule has 3 N–H and O–H groups in total. The number of carbonyl (C=O) groups is 3. The highest BCUT2D eigenvalue weighted by Crippen LogP contribution is 2.14. The number of nitrogens with one attached hydrogen (secondary N) is 3. The molecule has 150 valence electrons. The molecule has 0 aliphatic rings. The lowest BCUT2D eigenvalue weighted by Crippen LogP contribution is -2.36. The zero-order chi connectivity index (χ0) is 20.5. The summed E-state index contributed by atoms with van der Waals surface area (Å²) in [5.74, 6) is -1.90. The van der Waals surface area contributed by atoms with Crippen molar-refractivity contribution in [2.45, 2.75) is 33.1 Å². The van der Waals surface area contributed by atoms with Gasteiger partial charge in [-0.3, -0.25) is 19.5 Å². The van der Waals surface area contributed by atoms with E-state index < -0.39 is 11.8 Å². The molecule has 1 unspecified atom stereocenters. The van der Waals surface area contributed by atoms with Crippen LogP contribution in [0.2, 0.25) is 0 Å². The van der Waals surface area contributed by atoms with Crippen molar-refractivity contribution in [2.24, 2.45) is 5.92 Å². The van der Waals surface area contributed by atoms with E-state index in [4.69, 9.17) is 4.74 Å². The molecule has 0 fully saturated rings. The highest BCUT2D eigenvalue weighted by molar-refractivity contribution is 6.39. The Bertz CT molecular complexity index is 814. The Morgan fingerprint density at radius 1 is 1.18 bits per heavy atom. The number of hydrogen-bond acceptors (Lipinski definition) is 5. The second kappa shape index (κ2) is 10.2. The minimum absolute atomic E-state index is 0.248. The van der Waals surface area contributed by atoms with Gasteiger partial charge in [-0.1, -0.05) is 19.1 Å². The molecule has 0 radical (unpaired) electrons.